The van der Waals surface area contributed by atoms with E-state index in [2.05, 4.69) is 10.9 Å². The quantitative estimate of drug-likeness (QED) is 0.536. The highest BCUT2D eigenvalue weighted by Crippen LogP contribution is 2.31. The first kappa shape index (κ1) is 19.2. The van der Waals surface area contributed by atoms with E-state index in [-0.39, 0.29) is 16.2 Å². The molecule has 2 aromatic carbocycles. The molecule has 8 nitrogen and oxygen atoms in total. The average Bonchev–Trinajstić information content (AvgIpc) is 2.94. The number of amides is 4. The molecule has 0 spiro atoms. The number of para-hydroxylation sites is 1. The number of thioether (sulfide) groups is 1. The van der Waals surface area contributed by atoms with Crippen molar-refractivity contribution in [3.05, 3.63) is 70.6 Å². The predicted octanol–water partition coefficient (Wildman–Crippen LogP) is 1.89. The molecule has 0 unspecified atom stereocenters. The molecular formula is C19H15N3O5S. The van der Waals surface area contributed by atoms with Gasteiger partial charge in [-0.1, -0.05) is 42.5 Å². The van der Waals surface area contributed by atoms with E-state index < -0.39 is 29.5 Å². The fourth-order valence-electron chi connectivity index (χ4n) is 2.38. The Bertz CT molecular complexity index is 975. The van der Waals surface area contributed by atoms with Gasteiger partial charge in [-0.2, -0.15) is 0 Å². The first-order valence-corrected chi connectivity index (χ1v) is 8.95. The zero-order valence-electron chi connectivity index (χ0n) is 14.4. The third kappa shape index (κ3) is 4.38. The van der Waals surface area contributed by atoms with Gasteiger partial charge in [0, 0.05) is 0 Å². The molecule has 3 rings (SSSR count). The van der Waals surface area contributed by atoms with E-state index in [1.165, 1.54) is 12.1 Å². The van der Waals surface area contributed by atoms with Crippen LogP contribution >= 0.6 is 11.8 Å². The van der Waals surface area contributed by atoms with Crippen molar-refractivity contribution in [3.8, 4) is 5.75 Å². The van der Waals surface area contributed by atoms with Crippen molar-refractivity contribution in [2.45, 2.75) is 0 Å². The molecule has 4 amide bonds. The van der Waals surface area contributed by atoms with E-state index in [0.29, 0.717) is 0 Å². The number of hydrogen-bond donors (Lipinski definition) is 3. The van der Waals surface area contributed by atoms with Gasteiger partial charge in [-0.15, -0.1) is 0 Å². The third-order valence-electron chi connectivity index (χ3n) is 3.74. The smallest absolute Gasteiger partial charge is 0.294 e. The van der Waals surface area contributed by atoms with Crippen LogP contribution < -0.4 is 10.9 Å². The van der Waals surface area contributed by atoms with Crippen LogP contribution in [0.1, 0.15) is 15.9 Å². The molecule has 142 valence electrons. The molecule has 28 heavy (non-hydrogen) atoms. The molecule has 0 aliphatic carbocycles. The molecule has 0 atom stereocenters. The van der Waals surface area contributed by atoms with Crippen molar-refractivity contribution in [1.29, 1.82) is 0 Å². The molecule has 1 aliphatic rings. The minimum Gasteiger partial charge on any atom is -0.507 e. The second-order valence-electron chi connectivity index (χ2n) is 5.70. The molecule has 1 saturated heterocycles. The summed E-state index contributed by atoms with van der Waals surface area (Å²) in [5, 5.41) is 9.04. The zero-order chi connectivity index (χ0) is 20.1. The molecule has 1 heterocycles. The maximum absolute atomic E-state index is 12.4. The Kier molecular flexibility index (Phi) is 5.75. The van der Waals surface area contributed by atoms with Crippen molar-refractivity contribution < 1.29 is 24.3 Å². The number of nitrogens with one attached hydrogen (secondary N) is 2. The number of imide groups is 1. The van der Waals surface area contributed by atoms with Gasteiger partial charge in [-0.3, -0.25) is 34.9 Å². The van der Waals surface area contributed by atoms with Crippen LogP contribution in [0, 0.1) is 0 Å². The second-order valence-corrected chi connectivity index (χ2v) is 6.69. The standard InChI is InChI=1S/C19H15N3O5S/c23-14-9-5-4-8-13(14)17(25)21-20-16(24)11-22-18(26)15(28-19(22)27)10-12-6-2-1-3-7-12/h1-10,23H,11H2,(H,20,24)(H,21,25). The highest BCUT2D eigenvalue weighted by molar-refractivity contribution is 8.18. The molecule has 1 aliphatic heterocycles. The van der Waals surface area contributed by atoms with E-state index in [1.54, 1.807) is 42.5 Å². The summed E-state index contributed by atoms with van der Waals surface area (Å²) in [7, 11) is 0. The Hall–Kier alpha value is -3.59. The molecule has 0 bridgehead atoms. The van der Waals surface area contributed by atoms with Crippen molar-refractivity contribution in [3.63, 3.8) is 0 Å². The van der Waals surface area contributed by atoms with E-state index in [4.69, 9.17) is 0 Å². The minimum absolute atomic E-state index is 0.0280. The van der Waals surface area contributed by atoms with Crippen molar-refractivity contribution in [1.82, 2.24) is 15.8 Å². The van der Waals surface area contributed by atoms with Gasteiger partial charge in [-0.25, -0.2) is 0 Å². The molecule has 1 fully saturated rings. The largest absolute Gasteiger partial charge is 0.507 e. The SMILES string of the molecule is O=C(CN1C(=O)SC(=Cc2ccccc2)C1=O)NNC(=O)c1ccccc1O. The summed E-state index contributed by atoms with van der Waals surface area (Å²) in [6, 6.07) is 14.8. The van der Waals surface area contributed by atoms with Crippen molar-refractivity contribution in [2.75, 3.05) is 6.54 Å². The summed E-state index contributed by atoms with van der Waals surface area (Å²) >= 11 is 0.740. The highest BCUT2D eigenvalue weighted by atomic mass is 32.2. The summed E-state index contributed by atoms with van der Waals surface area (Å²) < 4.78 is 0. The molecule has 0 saturated carbocycles. The van der Waals surface area contributed by atoms with E-state index in [0.717, 1.165) is 22.2 Å². The van der Waals surface area contributed by atoms with Crippen LogP contribution in [0.25, 0.3) is 6.08 Å². The number of carbonyl (C=O) groups excluding carboxylic acids is 4. The Labute approximate surface area is 164 Å². The van der Waals surface area contributed by atoms with Crippen molar-refractivity contribution in [2.24, 2.45) is 0 Å². The summed E-state index contributed by atoms with van der Waals surface area (Å²) in [6.07, 6.45) is 1.57. The molecule has 0 radical (unpaired) electrons. The molecule has 0 aromatic heterocycles. The van der Waals surface area contributed by atoms with Crippen LogP contribution in [0.5, 0.6) is 5.75 Å². The van der Waals surface area contributed by atoms with Crippen molar-refractivity contribution >= 4 is 40.8 Å². The normalized spacial score (nSPS) is 15.0. The first-order chi connectivity index (χ1) is 13.5. The van der Waals surface area contributed by atoms with Crippen LogP contribution in [0.15, 0.2) is 59.5 Å². The van der Waals surface area contributed by atoms with E-state index >= 15 is 0 Å². The average molecular weight is 397 g/mol. The number of hydrogen-bond acceptors (Lipinski definition) is 6. The Balaban J connectivity index is 1.59. The van der Waals surface area contributed by atoms with Gasteiger partial charge in [0.1, 0.15) is 12.3 Å². The predicted molar refractivity (Wildman–Crippen MR) is 103 cm³/mol. The maximum Gasteiger partial charge on any atom is 0.294 e. The fraction of sp³-hybridized carbons (Fsp3) is 0.0526. The van der Waals surface area contributed by atoms with E-state index in [9.17, 15) is 24.3 Å². The number of hydrazine groups is 1. The molecule has 9 heteroatoms. The van der Waals surface area contributed by atoms with Crippen LogP contribution in [0.2, 0.25) is 0 Å². The second kappa shape index (κ2) is 8.40. The number of carbonyl (C=O) groups is 4. The number of aromatic hydroxyl groups is 1. The van der Waals surface area contributed by atoms with Gasteiger partial charge < -0.3 is 5.11 Å². The lowest BCUT2D eigenvalue weighted by atomic mass is 10.2. The van der Waals surface area contributed by atoms with Gasteiger partial charge in [0.2, 0.25) is 0 Å². The third-order valence-corrected chi connectivity index (χ3v) is 4.64. The van der Waals surface area contributed by atoms with Crippen LogP contribution in [0.3, 0.4) is 0 Å². The lowest BCUT2D eigenvalue weighted by Gasteiger charge is -2.13. The minimum atomic E-state index is -0.757. The summed E-state index contributed by atoms with van der Waals surface area (Å²) in [4.78, 5) is 49.4. The number of phenolic OH excluding ortho intramolecular Hbond substituents is 1. The van der Waals surface area contributed by atoms with Gasteiger partial charge in [0.05, 0.1) is 10.5 Å². The topological polar surface area (TPSA) is 116 Å². The zero-order valence-corrected chi connectivity index (χ0v) is 15.2. The highest BCUT2D eigenvalue weighted by Gasteiger charge is 2.36. The summed E-state index contributed by atoms with van der Waals surface area (Å²) in [6.45, 7) is -0.544. The maximum atomic E-state index is 12.4. The van der Waals surface area contributed by atoms with Gasteiger partial charge >= 0.3 is 0 Å². The summed E-state index contributed by atoms with van der Waals surface area (Å²) in [5.74, 6) is -2.32. The molecular weight excluding hydrogens is 382 g/mol. The summed E-state index contributed by atoms with van der Waals surface area (Å²) in [5.41, 5.74) is 4.97. The number of rotatable bonds is 4. The van der Waals surface area contributed by atoms with E-state index in [1.807, 2.05) is 6.07 Å². The van der Waals surface area contributed by atoms with Gasteiger partial charge in [0.15, 0.2) is 0 Å². The monoisotopic (exact) mass is 397 g/mol. The lowest BCUT2D eigenvalue weighted by molar-refractivity contribution is -0.129. The first-order valence-electron chi connectivity index (χ1n) is 8.13. The number of nitrogens with zero attached hydrogens (tertiary/aromatic N) is 1. The number of benzene rings is 2. The van der Waals surface area contributed by atoms with Crippen LogP contribution in [-0.4, -0.2) is 39.5 Å². The Morgan fingerprint density at radius 1 is 1.00 bits per heavy atom. The van der Waals surface area contributed by atoms with Gasteiger partial charge in [-0.05, 0) is 35.5 Å². The molecule has 3 N–H and O–H groups in total. The number of phenols is 1. The fourth-order valence-corrected chi connectivity index (χ4v) is 3.22. The Morgan fingerprint density at radius 3 is 2.39 bits per heavy atom. The Morgan fingerprint density at radius 2 is 1.68 bits per heavy atom. The van der Waals surface area contributed by atoms with Crippen LogP contribution in [0.4, 0.5) is 4.79 Å². The van der Waals surface area contributed by atoms with Crippen LogP contribution in [-0.2, 0) is 9.59 Å². The lowest BCUT2D eigenvalue weighted by Crippen LogP contribution is -2.47. The van der Waals surface area contributed by atoms with Gasteiger partial charge in [0.25, 0.3) is 23.0 Å². The molecule has 2 aromatic rings.